The number of hydrogen-bond donors (Lipinski definition) is 0. The fourth-order valence-corrected chi connectivity index (χ4v) is 4.04. The lowest BCUT2D eigenvalue weighted by molar-refractivity contribution is -0.130. The minimum atomic E-state index is -0.345. The first-order valence-corrected chi connectivity index (χ1v) is 8.27. The van der Waals surface area contributed by atoms with Gasteiger partial charge >= 0.3 is 0 Å². The van der Waals surface area contributed by atoms with Gasteiger partial charge in [-0.05, 0) is 43.5 Å². The van der Waals surface area contributed by atoms with Gasteiger partial charge < -0.3 is 9.80 Å². The minimum Gasteiger partial charge on any atom is -0.343 e. The Labute approximate surface area is 141 Å². The molecule has 23 heavy (non-hydrogen) atoms. The Morgan fingerprint density at radius 1 is 1.13 bits per heavy atom. The lowest BCUT2D eigenvalue weighted by Crippen LogP contribution is -2.58. The standard InChI is InChI=1S/C18H21ClN2O2/c1-12-11-18(6-8-20(9-7-18)13(2)22)21(14(3)23)17-5-4-15(19)10-16(12)17/h4-5,10-11H,6-9H2,1-3H3. The number of piperidine rings is 1. The summed E-state index contributed by atoms with van der Waals surface area (Å²) < 4.78 is 0. The Morgan fingerprint density at radius 2 is 1.78 bits per heavy atom. The molecular formula is C18H21ClN2O2. The summed E-state index contributed by atoms with van der Waals surface area (Å²) >= 11 is 6.13. The fraction of sp³-hybridized carbons (Fsp3) is 0.444. The summed E-state index contributed by atoms with van der Waals surface area (Å²) in [5, 5.41) is 0.669. The number of carbonyl (C=O) groups is 2. The number of nitrogens with zero attached hydrogens (tertiary/aromatic N) is 2. The van der Waals surface area contributed by atoms with Crippen LogP contribution in [0.25, 0.3) is 5.57 Å². The van der Waals surface area contributed by atoms with Crippen LogP contribution < -0.4 is 4.90 Å². The second-order valence-corrected chi connectivity index (χ2v) is 6.89. The Kier molecular flexibility index (Phi) is 3.96. The van der Waals surface area contributed by atoms with E-state index in [0.717, 1.165) is 29.7 Å². The van der Waals surface area contributed by atoms with Crippen LogP contribution in [-0.4, -0.2) is 35.3 Å². The number of rotatable bonds is 0. The van der Waals surface area contributed by atoms with Gasteiger partial charge in [-0.3, -0.25) is 9.59 Å². The molecule has 0 atom stereocenters. The largest absolute Gasteiger partial charge is 0.343 e. The Balaban J connectivity index is 2.05. The van der Waals surface area contributed by atoms with Crippen molar-refractivity contribution in [1.29, 1.82) is 0 Å². The van der Waals surface area contributed by atoms with E-state index >= 15 is 0 Å². The molecule has 4 nitrogen and oxygen atoms in total. The van der Waals surface area contributed by atoms with Gasteiger partial charge in [0.1, 0.15) is 0 Å². The van der Waals surface area contributed by atoms with E-state index in [0.29, 0.717) is 18.1 Å². The van der Waals surface area contributed by atoms with Gasteiger partial charge in [0.25, 0.3) is 0 Å². The molecule has 3 rings (SSSR count). The first-order valence-electron chi connectivity index (χ1n) is 7.90. The zero-order valence-corrected chi connectivity index (χ0v) is 14.5. The highest BCUT2D eigenvalue weighted by atomic mass is 35.5. The molecule has 0 unspecified atom stereocenters. The van der Waals surface area contributed by atoms with Crippen molar-refractivity contribution in [3.8, 4) is 0 Å². The first kappa shape index (κ1) is 16.1. The van der Waals surface area contributed by atoms with E-state index in [2.05, 4.69) is 13.0 Å². The number of allylic oxidation sites excluding steroid dienone is 1. The van der Waals surface area contributed by atoms with Gasteiger partial charge in [-0.2, -0.15) is 0 Å². The molecule has 1 spiro atoms. The molecule has 0 saturated carbocycles. The molecule has 1 fully saturated rings. The monoisotopic (exact) mass is 332 g/mol. The van der Waals surface area contributed by atoms with Crippen LogP contribution >= 0.6 is 11.6 Å². The van der Waals surface area contributed by atoms with Crippen LogP contribution in [0.3, 0.4) is 0 Å². The lowest BCUT2D eigenvalue weighted by atomic mass is 9.79. The molecule has 2 aliphatic rings. The van der Waals surface area contributed by atoms with E-state index in [1.165, 1.54) is 0 Å². The third-order valence-corrected chi connectivity index (χ3v) is 5.18. The molecule has 0 bridgehead atoms. The van der Waals surface area contributed by atoms with Gasteiger partial charge in [0, 0.05) is 37.5 Å². The van der Waals surface area contributed by atoms with Gasteiger partial charge in [0.05, 0.1) is 11.2 Å². The van der Waals surface area contributed by atoms with E-state index in [-0.39, 0.29) is 17.4 Å². The van der Waals surface area contributed by atoms with Crippen molar-refractivity contribution in [3.05, 3.63) is 34.9 Å². The Bertz CT molecular complexity index is 703. The minimum absolute atomic E-state index is 0.0218. The van der Waals surface area contributed by atoms with Crippen LogP contribution in [0.5, 0.6) is 0 Å². The van der Waals surface area contributed by atoms with Crippen molar-refractivity contribution in [2.75, 3.05) is 18.0 Å². The van der Waals surface area contributed by atoms with Crippen LogP contribution in [-0.2, 0) is 9.59 Å². The van der Waals surface area contributed by atoms with Crippen molar-refractivity contribution in [3.63, 3.8) is 0 Å². The number of halogens is 1. The molecule has 2 aliphatic heterocycles. The Hall–Kier alpha value is -1.81. The zero-order valence-electron chi connectivity index (χ0n) is 13.7. The highest BCUT2D eigenvalue weighted by molar-refractivity contribution is 6.31. The molecule has 0 radical (unpaired) electrons. The Morgan fingerprint density at radius 3 is 2.35 bits per heavy atom. The molecule has 0 aliphatic carbocycles. The number of anilines is 1. The van der Waals surface area contributed by atoms with Crippen LogP contribution in [0.2, 0.25) is 5.02 Å². The van der Waals surface area contributed by atoms with Crippen molar-refractivity contribution >= 4 is 34.7 Å². The topological polar surface area (TPSA) is 40.6 Å². The highest BCUT2D eigenvalue weighted by Gasteiger charge is 2.44. The molecule has 1 aromatic carbocycles. The lowest BCUT2D eigenvalue weighted by Gasteiger charge is -2.49. The molecule has 122 valence electrons. The average Bonchev–Trinajstić information content (AvgIpc) is 2.48. The number of carbonyl (C=O) groups excluding carboxylic acids is 2. The van der Waals surface area contributed by atoms with E-state index in [9.17, 15) is 9.59 Å². The van der Waals surface area contributed by atoms with Gasteiger partial charge in [-0.15, -0.1) is 0 Å². The van der Waals surface area contributed by atoms with E-state index in [1.807, 2.05) is 28.0 Å². The molecule has 2 amide bonds. The summed E-state index contributed by atoms with van der Waals surface area (Å²) in [5.74, 6) is 0.117. The molecule has 5 heteroatoms. The van der Waals surface area contributed by atoms with Crippen molar-refractivity contribution in [2.24, 2.45) is 0 Å². The van der Waals surface area contributed by atoms with Crippen molar-refractivity contribution < 1.29 is 9.59 Å². The van der Waals surface area contributed by atoms with E-state index in [1.54, 1.807) is 13.8 Å². The van der Waals surface area contributed by atoms with Gasteiger partial charge in [-0.25, -0.2) is 0 Å². The summed E-state index contributed by atoms with van der Waals surface area (Å²) in [5.41, 5.74) is 2.71. The maximum Gasteiger partial charge on any atom is 0.224 e. The fourth-order valence-electron chi connectivity index (χ4n) is 3.86. The summed E-state index contributed by atoms with van der Waals surface area (Å²) in [6.07, 6.45) is 3.70. The summed E-state index contributed by atoms with van der Waals surface area (Å²) in [6.45, 7) is 6.61. The maximum atomic E-state index is 12.4. The van der Waals surface area contributed by atoms with Crippen LogP contribution in [0.4, 0.5) is 5.69 Å². The van der Waals surface area contributed by atoms with Gasteiger partial charge in [0.15, 0.2) is 0 Å². The molecule has 1 aromatic rings. The maximum absolute atomic E-state index is 12.4. The predicted molar refractivity (Wildman–Crippen MR) is 92.5 cm³/mol. The second-order valence-electron chi connectivity index (χ2n) is 6.45. The van der Waals surface area contributed by atoms with Crippen LogP contribution in [0, 0.1) is 0 Å². The van der Waals surface area contributed by atoms with E-state index in [4.69, 9.17) is 11.6 Å². The molecular weight excluding hydrogens is 312 g/mol. The quantitative estimate of drug-likeness (QED) is 0.729. The molecule has 2 heterocycles. The number of hydrogen-bond acceptors (Lipinski definition) is 2. The van der Waals surface area contributed by atoms with Crippen LogP contribution in [0.15, 0.2) is 24.3 Å². The molecule has 0 N–H and O–H groups in total. The smallest absolute Gasteiger partial charge is 0.224 e. The molecule has 1 saturated heterocycles. The van der Waals surface area contributed by atoms with Crippen LogP contribution in [0.1, 0.15) is 39.2 Å². The van der Waals surface area contributed by atoms with Gasteiger partial charge in [-0.1, -0.05) is 17.7 Å². The first-order chi connectivity index (χ1) is 10.8. The third kappa shape index (κ3) is 2.65. The highest BCUT2D eigenvalue weighted by Crippen LogP contribution is 2.44. The zero-order chi connectivity index (χ0) is 16.8. The number of fused-ring (bicyclic) bond motifs is 1. The molecule has 0 aromatic heterocycles. The predicted octanol–water partition coefficient (Wildman–Crippen LogP) is 3.49. The summed E-state index contributed by atoms with van der Waals surface area (Å²) in [7, 11) is 0. The average molecular weight is 333 g/mol. The van der Waals surface area contributed by atoms with Crippen molar-refractivity contribution in [1.82, 2.24) is 4.90 Å². The van der Waals surface area contributed by atoms with Gasteiger partial charge in [0.2, 0.25) is 11.8 Å². The number of amides is 2. The SMILES string of the molecule is CC(=O)N1CCC2(C=C(C)c3cc(Cl)ccc3N2C(C)=O)CC1. The number of likely N-dealkylation sites (tertiary alicyclic amines) is 1. The van der Waals surface area contributed by atoms with E-state index < -0.39 is 0 Å². The third-order valence-electron chi connectivity index (χ3n) is 4.94. The second kappa shape index (κ2) is 5.68. The number of benzene rings is 1. The summed E-state index contributed by atoms with van der Waals surface area (Å²) in [6, 6.07) is 5.66. The normalized spacial score (nSPS) is 19.4. The summed E-state index contributed by atoms with van der Waals surface area (Å²) in [4.78, 5) is 27.8. The van der Waals surface area contributed by atoms with Crippen molar-refractivity contribution in [2.45, 2.75) is 39.2 Å².